The number of carbonyl (C=O) groups is 2. The van der Waals surface area contributed by atoms with Crippen molar-refractivity contribution in [1.82, 2.24) is 10.6 Å². The van der Waals surface area contributed by atoms with Crippen LogP contribution in [0.2, 0.25) is 0 Å². The first-order valence-electron chi connectivity index (χ1n) is 7.16. The summed E-state index contributed by atoms with van der Waals surface area (Å²) in [4.78, 5) is 26.0. The molecule has 1 aliphatic rings. The maximum absolute atomic E-state index is 12.1. The number of carbonyl (C=O) groups excluding carboxylic acids is 2. The monoisotopic (exact) mass is 294 g/mol. The summed E-state index contributed by atoms with van der Waals surface area (Å²) in [6.45, 7) is 5.66. The molecular weight excluding hydrogens is 272 g/mol. The number of hydrogen-bond donors (Lipinski definition) is 2. The summed E-state index contributed by atoms with van der Waals surface area (Å²) < 4.78 is 0. The third kappa shape index (κ3) is 4.15. The van der Waals surface area contributed by atoms with Crippen LogP contribution in [0.1, 0.15) is 45.8 Å². The number of hydrogen-bond acceptors (Lipinski definition) is 4. The lowest BCUT2D eigenvalue weighted by Crippen LogP contribution is -2.37. The zero-order valence-corrected chi connectivity index (χ0v) is 12.9. The molecule has 1 aromatic rings. The van der Waals surface area contributed by atoms with Gasteiger partial charge in [0.25, 0.3) is 0 Å². The minimum Gasteiger partial charge on any atom is -0.355 e. The minimum absolute atomic E-state index is 0.0309. The fourth-order valence-corrected chi connectivity index (χ4v) is 3.47. The zero-order chi connectivity index (χ0) is 14.5. The van der Waals surface area contributed by atoms with E-state index in [-0.39, 0.29) is 18.1 Å². The van der Waals surface area contributed by atoms with Crippen LogP contribution in [0.25, 0.3) is 0 Å². The van der Waals surface area contributed by atoms with Gasteiger partial charge in [0, 0.05) is 40.7 Å². The molecule has 0 bridgehead atoms. The van der Waals surface area contributed by atoms with Crippen molar-refractivity contribution >= 4 is 23.0 Å². The molecule has 110 valence electrons. The second kappa shape index (κ2) is 6.99. The van der Waals surface area contributed by atoms with Gasteiger partial charge in [0.05, 0.1) is 0 Å². The quantitative estimate of drug-likeness (QED) is 0.791. The topological polar surface area (TPSA) is 58.2 Å². The molecule has 1 atom stereocenters. The minimum atomic E-state index is -0.0309. The second-order valence-electron chi connectivity index (χ2n) is 5.35. The Morgan fingerprint density at radius 2 is 2.20 bits per heavy atom. The van der Waals surface area contributed by atoms with E-state index in [2.05, 4.69) is 10.6 Å². The summed E-state index contributed by atoms with van der Waals surface area (Å²) >= 11 is 1.63. The van der Waals surface area contributed by atoms with E-state index in [1.807, 2.05) is 19.9 Å². The van der Waals surface area contributed by atoms with Crippen molar-refractivity contribution < 1.29 is 9.59 Å². The maximum atomic E-state index is 12.1. The van der Waals surface area contributed by atoms with Crippen LogP contribution >= 0.6 is 11.3 Å². The van der Waals surface area contributed by atoms with Crippen LogP contribution < -0.4 is 10.6 Å². The Kier molecular flexibility index (Phi) is 5.31. The summed E-state index contributed by atoms with van der Waals surface area (Å²) in [5, 5.41) is 6.23. The number of rotatable bonds is 6. The van der Waals surface area contributed by atoms with Crippen molar-refractivity contribution in [1.29, 1.82) is 0 Å². The van der Waals surface area contributed by atoms with Crippen molar-refractivity contribution in [2.75, 3.05) is 13.1 Å². The number of amides is 1. The molecule has 0 aromatic carbocycles. The van der Waals surface area contributed by atoms with E-state index < -0.39 is 0 Å². The van der Waals surface area contributed by atoms with E-state index in [1.54, 1.807) is 11.3 Å². The highest BCUT2D eigenvalue weighted by molar-refractivity contribution is 7.12. The molecule has 0 aliphatic carbocycles. The number of ketones is 1. The van der Waals surface area contributed by atoms with Crippen molar-refractivity contribution in [3.8, 4) is 0 Å². The molecule has 1 aromatic heterocycles. The van der Waals surface area contributed by atoms with Gasteiger partial charge >= 0.3 is 0 Å². The zero-order valence-electron chi connectivity index (χ0n) is 12.1. The molecule has 1 fully saturated rings. The molecule has 2 N–H and O–H groups in total. The van der Waals surface area contributed by atoms with Crippen LogP contribution in [0.5, 0.6) is 0 Å². The molecule has 0 spiro atoms. The van der Waals surface area contributed by atoms with Gasteiger partial charge in [-0.2, -0.15) is 0 Å². The fraction of sp³-hybridized carbons (Fsp3) is 0.600. The van der Waals surface area contributed by atoms with Crippen LogP contribution in [0.3, 0.4) is 0 Å². The van der Waals surface area contributed by atoms with Crippen LogP contribution in [0, 0.1) is 13.8 Å². The van der Waals surface area contributed by atoms with Gasteiger partial charge in [-0.3, -0.25) is 9.59 Å². The molecule has 1 amide bonds. The van der Waals surface area contributed by atoms with E-state index in [4.69, 9.17) is 0 Å². The van der Waals surface area contributed by atoms with E-state index in [9.17, 15) is 9.59 Å². The third-order valence-corrected chi connectivity index (χ3v) is 4.59. The molecule has 0 saturated carbocycles. The van der Waals surface area contributed by atoms with Gasteiger partial charge in [0.15, 0.2) is 5.78 Å². The Labute approximate surface area is 124 Å². The molecule has 4 nitrogen and oxygen atoms in total. The van der Waals surface area contributed by atoms with E-state index >= 15 is 0 Å². The predicted molar refractivity (Wildman–Crippen MR) is 81.4 cm³/mol. The highest BCUT2D eigenvalue weighted by Gasteiger charge is 2.16. The van der Waals surface area contributed by atoms with Crippen LogP contribution in [-0.4, -0.2) is 30.8 Å². The summed E-state index contributed by atoms with van der Waals surface area (Å²) in [6.07, 6.45) is 2.86. The second-order valence-corrected chi connectivity index (χ2v) is 6.81. The van der Waals surface area contributed by atoms with Gasteiger partial charge in [0.1, 0.15) is 0 Å². The molecular formula is C15H22N2O2S. The Bertz CT molecular complexity index is 490. The molecule has 20 heavy (non-hydrogen) atoms. The van der Waals surface area contributed by atoms with E-state index in [0.29, 0.717) is 19.0 Å². The molecule has 2 rings (SSSR count). The SMILES string of the molecule is Cc1cc(C(=O)CCC(=O)NCC2CCCN2)c(C)s1. The Hall–Kier alpha value is -1.20. The van der Waals surface area contributed by atoms with Crippen molar-refractivity contribution in [2.24, 2.45) is 0 Å². The fourth-order valence-electron chi connectivity index (χ4n) is 2.53. The molecule has 0 radical (unpaired) electrons. The van der Waals surface area contributed by atoms with Gasteiger partial charge < -0.3 is 10.6 Å². The third-order valence-electron chi connectivity index (χ3n) is 3.63. The first-order chi connectivity index (χ1) is 9.56. The summed E-state index contributed by atoms with van der Waals surface area (Å²) in [5.41, 5.74) is 0.776. The van der Waals surface area contributed by atoms with Gasteiger partial charge in [-0.25, -0.2) is 0 Å². The predicted octanol–water partition coefficient (Wildman–Crippen LogP) is 2.20. The van der Waals surface area contributed by atoms with Crippen molar-refractivity contribution in [2.45, 2.75) is 45.6 Å². The molecule has 5 heteroatoms. The molecule has 1 aliphatic heterocycles. The Morgan fingerprint density at radius 1 is 1.40 bits per heavy atom. The molecule has 1 saturated heterocycles. The number of Topliss-reactive ketones (excluding diaryl/α,β-unsaturated/α-hetero) is 1. The highest BCUT2D eigenvalue weighted by Crippen LogP contribution is 2.22. The van der Waals surface area contributed by atoms with Gasteiger partial charge in [0.2, 0.25) is 5.91 Å². The highest BCUT2D eigenvalue weighted by atomic mass is 32.1. The lowest BCUT2D eigenvalue weighted by Gasteiger charge is -2.11. The van der Waals surface area contributed by atoms with Crippen LogP contribution in [-0.2, 0) is 4.79 Å². The average Bonchev–Trinajstić information content (AvgIpc) is 3.03. The van der Waals surface area contributed by atoms with Gasteiger partial charge in [-0.05, 0) is 39.3 Å². The summed E-state index contributed by atoms with van der Waals surface area (Å²) in [6, 6.07) is 2.32. The van der Waals surface area contributed by atoms with E-state index in [1.165, 1.54) is 6.42 Å². The van der Waals surface area contributed by atoms with Crippen molar-refractivity contribution in [3.63, 3.8) is 0 Å². The first kappa shape index (κ1) is 15.2. The normalized spacial score (nSPS) is 18.2. The Balaban J connectivity index is 1.72. The standard InChI is InChI=1S/C15H22N2O2S/c1-10-8-13(11(2)20-10)14(18)5-6-15(19)17-9-12-4-3-7-16-12/h8,12,16H,3-7,9H2,1-2H3,(H,17,19). The summed E-state index contributed by atoms with van der Waals surface area (Å²) in [5.74, 6) is 0.0395. The van der Waals surface area contributed by atoms with Crippen LogP contribution in [0.4, 0.5) is 0 Å². The lowest BCUT2D eigenvalue weighted by atomic mass is 10.1. The molecule has 2 heterocycles. The summed E-state index contributed by atoms with van der Waals surface area (Å²) in [7, 11) is 0. The largest absolute Gasteiger partial charge is 0.355 e. The average molecular weight is 294 g/mol. The first-order valence-corrected chi connectivity index (χ1v) is 7.98. The van der Waals surface area contributed by atoms with E-state index in [0.717, 1.165) is 28.3 Å². The van der Waals surface area contributed by atoms with Crippen LogP contribution in [0.15, 0.2) is 6.07 Å². The number of nitrogens with one attached hydrogen (secondary N) is 2. The van der Waals surface area contributed by atoms with Crippen molar-refractivity contribution in [3.05, 3.63) is 21.4 Å². The number of thiophene rings is 1. The number of aryl methyl sites for hydroxylation is 2. The lowest BCUT2D eigenvalue weighted by molar-refractivity contribution is -0.121. The van der Waals surface area contributed by atoms with Gasteiger partial charge in [-0.1, -0.05) is 0 Å². The molecule has 1 unspecified atom stereocenters. The van der Waals surface area contributed by atoms with Gasteiger partial charge in [-0.15, -0.1) is 11.3 Å². The Morgan fingerprint density at radius 3 is 2.80 bits per heavy atom. The smallest absolute Gasteiger partial charge is 0.220 e. The maximum Gasteiger partial charge on any atom is 0.220 e.